The molecular weight excluding hydrogens is 250 g/mol. The molecule has 0 aromatic heterocycles. The third kappa shape index (κ3) is 3.55. The number of benzene rings is 1. The Morgan fingerprint density at radius 2 is 1.79 bits per heavy atom. The third-order valence-corrected chi connectivity index (χ3v) is 5.47. The number of rotatable bonds is 4. The van der Waals surface area contributed by atoms with Crippen LogP contribution in [0.2, 0.25) is 0 Å². The van der Waals surface area contributed by atoms with E-state index in [2.05, 4.69) is 51.4 Å². The Morgan fingerprint density at radius 1 is 1.16 bits per heavy atom. The molecule has 1 aliphatic rings. The first-order valence-corrected chi connectivity index (χ1v) is 8.66. The van der Waals surface area contributed by atoms with Crippen LogP contribution in [0.15, 0.2) is 12.1 Å². The van der Waals surface area contributed by atoms with E-state index in [0.717, 1.165) is 5.25 Å². The summed E-state index contributed by atoms with van der Waals surface area (Å²) in [5.74, 6) is 0. The van der Waals surface area contributed by atoms with Crippen molar-refractivity contribution < 1.29 is 0 Å². The summed E-state index contributed by atoms with van der Waals surface area (Å²) in [6.07, 6.45) is 6.28. The minimum atomic E-state index is 0.464. The third-order valence-electron chi connectivity index (χ3n) is 4.37. The van der Waals surface area contributed by atoms with E-state index >= 15 is 0 Å². The Bertz CT molecular complexity index is 418. The van der Waals surface area contributed by atoms with Gasteiger partial charge in [0.15, 0.2) is 0 Å². The average Bonchev–Trinajstić information content (AvgIpc) is 2.75. The van der Waals surface area contributed by atoms with Crippen molar-refractivity contribution in [1.82, 2.24) is 5.32 Å². The van der Waals surface area contributed by atoms with E-state index < -0.39 is 0 Å². The predicted molar refractivity (Wildman–Crippen MR) is 87.1 cm³/mol. The molecule has 19 heavy (non-hydrogen) atoms. The molecule has 2 heteroatoms. The van der Waals surface area contributed by atoms with Crippen molar-refractivity contribution in [3.63, 3.8) is 0 Å². The lowest BCUT2D eigenvalue weighted by molar-refractivity contribution is 0.459. The van der Waals surface area contributed by atoms with Crippen LogP contribution in [0.4, 0.5) is 0 Å². The van der Waals surface area contributed by atoms with Gasteiger partial charge in [-0.2, -0.15) is 11.8 Å². The summed E-state index contributed by atoms with van der Waals surface area (Å²) in [6.45, 7) is 8.98. The highest BCUT2D eigenvalue weighted by Gasteiger charge is 2.25. The van der Waals surface area contributed by atoms with Crippen LogP contribution >= 0.6 is 11.8 Å². The SMILES string of the molecule is CSC1CCC(NC(C)c2c(C)cc(C)cc2C)C1. The molecule has 3 unspecified atom stereocenters. The van der Waals surface area contributed by atoms with Gasteiger partial charge >= 0.3 is 0 Å². The molecular formula is C17H27NS. The first-order chi connectivity index (χ1) is 9.01. The van der Waals surface area contributed by atoms with E-state index in [1.807, 2.05) is 11.8 Å². The summed E-state index contributed by atoms with van der Waals surface area (Å²) in [7, 11) is 0. The minimum absolute atomic E-state index is 0.464. The van der Waals surface area contributed by atoms with Crippen molar-refractivity contribution in [1.29, 1.82) is 0 Å². The van der Waals surface area contributed by atoms with E-state index in [9.17, 15) is 0 Å². The Labute approximate surface area is 122 Å². The molecule has 0 bridgehead atoms. The van der Waals surface area contributed by atoms with Crippen LogP contribution in [0, 0.1) is 20.8 Å². The summed E-state index contributed by atoms with van der Waals surface area (Å²) in [6, 6.07) is 5.78. The van der Waals surface area contributed by atoms with Crippen molar-refractivity contribution in [3.05, 3.63) is 34.4 Å². The number of aryl methyl sites for hydroxylation is 3. The van der Waals surface area contributed by atoms with Crippen molar-refractivity contribution in [2.24, 2.45) is 0 Å². The second-order valence-corrected chi connectivity index (χ2v) is 7.21. The number of thioether (sulfide) groups is 1. The number of hydrogen-bond acceptors (Lipinski definition) is 2. The molecule has 0 radical (unpaired) electrons. The molecule has 1 N–H and O–H groups in total. The van der Waals surface area contributed by atoms with Crippen LogP contribution in [0.3, 0.4) is 0 Å². The topological polar surface area (TPSA) is 12.0 Å². The molecule has 0 amide bonds. The predicted octanol–water partition coefficient (Wildman–Crippen LogP) is 4.55. The summed E-state index contributed by atoms with van der Waals surface area (Å²) in [4.78, 5) is 0. The van der Waals surface area contributed by atoms with Gasteiger partial charge in [-0.1, -0.05) is 17.7 Å². The molecule has 2 rings (SSSR count). The zero-order valence-electron chi connectivity index (χ0n) is 12.9. The van der Waals surface area contributed by atoms with Gasteiger partial charge in [0.2, 0.25) is 0 Å². The Hall–Kier alpha value is -0.470. The molecule has 1 aliphatic carbocycles. The number of hydrogen-bond donors (Lipinski definition) is 1. The Morgan fingerprint density at radius 3 is 2.32 bits per heavy atom. The van der Waals surface area contributed by atoms with Crippen LogP contribution in [0.1, 0.15) is 54.5 Å². The molecule has 1 aromatic rings. The van der Waals surface area contributed by atoms with Gasteiger partial charge in [-0.05, 0) is 69.9 Å². The van der Waals surface area contributed by atoms with E-state index in [-0.39, 0.29) is 0 Å². The first kappa shape index (κ1) is 14.9. The zero-order valence-corrected chi connectivity index (χ0v) is 13.7. The van der Waals surface area contributed by atoms with Gasteiger partial charge in [-0.25, -0.2) is 0 Å². The number of nitrogens with one attached hydrogen (secondary N) is 1. The molecule has 3 atom stereocenters. The maximum absolute atomic E-state index is 3.85. The second-order valence-electron chi connectivity index (χ2n) is 6.07. The maximum atomic E-state index is 3.85. The van der Waals surface area contributed by atoms with Crippen LogP contribution in [0.5, 0.6) is 0 Å². The van der Waals surface area contributed by atoms with E-state index in [1.54, 1.807) is 0 Å². The Kier molecular flexibility index (Phi) is 4.97. The van der Waals surface area contributed by atoms with E-state index in [1.165, 1.54) is 41.5 Å². The van der Waals surface area contributed by atoms with Crippen LogP contribution in [0.25, 0.3) is 0 Å². The van der Waals surface area contributed by atoms with Crippen molar-refractivity contribution in [2.45, 2.75) is 64.3 Å². The fourth-order valence-corrected chi connectivity index (χ4v) is 4.41. The van der Waals surface area contributed by atoms with Gasteiger partial charge in [0.25, 0.3) is 0 Å². The summed E-state index contributed by atoms with van der Waals surface area (Å²) >= 11 is 2.03. The van der Waals surface area contributed by atoms with Gasteiger partial charge in [0.05, 0.1) is 0 Å². The Balaban J connectivity index is 2.06. The molecule has 106 valence electrons. The summed E-state index contributed by atoms with van der Waals surface area (Å²) in [5.41, 5.74) is 5.72. The molecule has 0 spiro atoms. The van der Waals surface area contributed by atoms with Gasteiger partial charge in [-0.15, -0.1) is 0 Å². The first-order valence-electron chi connectivity index (χ1n) is 7.38. The smallest absolute Gasteiger partial charge is 0.0299 e. The fourth-order valence-electron chi connectivity index (χ4n) is 3.62. The maximum Gasteiger partial charge on any atom is 0.0299 e. The van der Waals surface area contributed by atoms with Crippen LogP contribution in [-0.4, -0.2) is 17.5 Å². The van der Waals surface area contributed by atoms with Crippen LogP contribution < -0.4 is 5.32 Å². The molecule has 0 saturated heterocycles. The molecule has 1 nitrogen and oxygen atoms in total. The minimum Gasteiger partial charge on any atom is -0.307 e. The molecule has 1 fully saturated rings. The lowest BCUT2D eigenvalue weighted by Gasteiger charge is -2.23. The molecule has 0 aliphatic heterocycles. The molecule has 1 aromatic carbocycles. The highest BCUT2D eigenvalue weighted by molar-refractivity contribution is 7.99. The van der Waals surface area contributed by atoms with Gasteiger partial charge in [0, 0.05) is 17.3 Å². The van der Waals surface area contributed by atoms with Crippen molar-refractivity contribution in [3.8, 4) is 0 Å². The van der Waals surface area contributed by atoms with Crippen molar-refractivity contribution in [2.75, 3.05) is 6.26 Å². The fraction of sp³-hybridized carbons (Fsp3) is 0.647. The highest BCUT2D eigenvalue weighted by atomic mass is 32.2. The lowest BCUT2D eigenvalue weighted by Crippen LogP contribution is -2.30. The normalized spacial score (nSPS) is 24.7. The highest BCUT2D eigenvalue weighted by Crippen LogP contribution is 2.31. The summed E-state index contributed by atoms with van der Waals surface area (Å²) < 4.78 is 0. The van der Waals surface area contributed by atoms with E-state index in [4.69, 9.17) is 0 Å². The summed E-state index contributed by atoms with van der Waals surface area (Å²) in [5, 5.41) is 4.71. The van der Waals surface area contributed by atoms with Gasteiger partial charge < -0.3 is 5.32 Å². The van der Waals surface area contributed by atoms with Gasteiger partial charge in [0.1, 0.15) is 0 Å². The lowest BCUT2D eigenvalue weighted by atomic mass is 9.94. The van der Waals surface area contributed by atoms with Gasteiger partial charge in [-0.3, -0.25) is 0 Å². The second kappa shape index (κ2) is 6.32. The zero-order chi connectivity index (χ0) is 14.0. The quantitative estimate of drug-likeness (QED) is 0.866. The standard InChI is InChI=1S/C17H27NS/c1-11-8-12(2)17(13(3)9-11)14(4)18-15-6-7-16(10-15)19-5/h8-9,14-16,18H,6-7,10H2,1-5H3. The molecule has 1 saturated carbocycles. The monoisotopic (exact) mass is 277 g/mol. The van der Waals surface area contributed by atoms with E-state index in [0.29, 0.717) is 12.1 Å². The molecule has 0 heterocycles. The van der Waals surface area contributed by atoms with Crippen molar-refractivity contribution >= 4 is 11.8 Å². The van der Waals surface area contributed by atoms with Crippen LogP contribution in [-0.2, 0) is 0 Å². The largest absolute Gasteiger partial charge is 0.307 e. The average molecular weight is 277 g/mol.